The van der Waals surface area contributed by atoms with Gasteiger partial charge in [0.1, 0.15) is 12.2 Å². The van der Waals surface area contributed by atoms with Crippen molar-refractivity contribution in [3.05, 3.63) is 11.1 Å². The molecule has 0 radical (unpaired) electrons. The Bertz CT molecular complexity index is 620. The van der Waals surface area contributed by atoms with E-state index in [1.165, 1.54) is 12.5 Å². The third kappa shape index (κ3) is 4.39. The van der Waals surface area contributed by atoms with E-state index in [-0.39, 0.29) is 35.1 Å². The molecule has 0 amide bonds. The van der Waals surface area contributed by atoms with Crippen molar-refractivity contribution in [2.45, 2.75) is 92.3 Å². The Kier molecular flexibility index (Phi) is 6.45. The molecule has 1 fully saturated rings. The van der Waals surface area contributed by atoms with Crippen LogP contribution in [0.1, 0.15) is 80.1 Å². The summed E-state index contributed by atoms with van der Waals surface area (Å²) in [5.41, 5.74) is 1.95. The molecule has 0 bridgehead atoms. The van der Waals surface area contributed by atoms with Crippen LogP contribution in [0.15, 0.2) is 11.1 Å². The van der Waals surface area contributed by atoms with Gasteiger partial charge in [-0.25, -0.2) is 0 Å². The van der Waals surface area contributed by atoms with Gasteiger partial charge in [0.15, 0.2) is 0 Å². The first-order valence-corrected chi connectivity index (χ1v) is 10.2. The molecule has 2 N–H and O–H groups in total. The van der Waals surface area contributed by atoms with Crippen LogP contribution in [0.2, 0.25) is 0 Å². The van der Waals surface area contributed by atoms with Crippen molar-refractivity contribution < 1.29 is 24.5 Å². The summed E-state index contributed by atoms with van der Waals surface area (Å²) in [5.74, 6) is -0.986. The first-order chi connectivity index (χ1) is 12.4. The SMILES string of the molecule is CC(=O)O[C@@H]1[C@H](O)C(C)=C(CC[C@@H](C)CC(=O)O)[C@@]2(C)CCCC(C)(C)[C@H]12. The zero-order chi connectivity index (χ0) is 20.6. The lowest BCUT2D eigenvalue weighted by Gasteiger charge is -2.58. The fourth-order valence-corrected chi connectivity index (χ4v) is 5.89. The second-order valence-corrected chi connectivity index (χ2v) is 9.66. The van der Waals surface area contributed by atoms with Crippen LogP contribution in [0.5, 0.6) is 0 Å². The van der Waals surface area contributed by atoms with Gasteiger partial charge in [-0.2, -0.15) is 0 Å². The molecule has 2 aliphatic carbocycles. The summed E-state index contributed by atoms with van der Waals surface area (Å²) >= 11 is 0. The number of carboxylic acids is 1. The number of hydrogen-bond acceptors (Lipinski definition) is 4. The van der Waals surface area contributed by atoms with E-state index in [0.29, 0.717) is 0 Å². The summed E-state index contributed by atoms with van der Waals surface area (Å²) in [6, 6.07) is 0. The van der Waals surface area contributed by atoms with Crippen LogP contribution >= 0.6 is 0 Å². The Balaban J connectivity index is 2.41. The number of fused-ring (bicyclic) bond motifs is 1. The summed E-state index contributed by atoms with van der Waals surface area (Å²) in [6.07, 6.45) is 3.56. The van der Waals surface area contributed by atoms with Crippen LogP contribution in [0.3, 0.4) is 0 Å². The van der Waals surface area contributed by atoms with E-state index in [2.05, 4.69) is 20.8 Å². The minimum Gasteiger partial charge on any atom is -0.481 e. The molecule has 0 aromatic carbocycles. The molecule has 5 nitrogen and oxygen atoms in total. The van der Waals surface area contributed by atoms with E-state index >= 15 is 0 Å². The molecule has 1 saturated carbocycles. The number of ether oxygens (including phenoxy) is 1. The molecule has 0 spiro atoms. The zero-order valence-corrected chi connectivity index (χ0v) is 17.7. The first-order valence-electron chi connectivity index (χ1n) is 10.2. The van der Waals surface area contributed by atoms with Crippen molar-refractivity contribution in [2.24, 2.45) is 22.7 Å². The van der Waals surface area contributed by atoms with Crippen LogP contribution in [-0.4, -0.2) is 34.4 Å². The number of carbonyl (C=O) groups excluding carboxylic acids is 1. The molecular formula is C22H36O5. The average molecular weight is 381 g/mol. The zero-order valence-electron chi connectivity index (χ0n) is 17.7. The molecule has 27 heavy (non-hydrogen) atoms. The van der Waals surface area contributed by atoms with Crippen molar-refractivity contribution in [1.82, 2.24) is 0 Å². The van der Waals surface area contributed by atoms with Gasteiger partial charge in [-0.15, -0.1) is 0 Å². The maximum Gasteiger partial charge on any atom is 0.303 e. The largest absolute Gasteiger partial charge is 0.481 e. The topological polar surface area (TPSA) is 83.8 Å². The smallest absolute Gasteiger partial charge is 0.303 e. The molecular weight excluding hydrogens is 344 g/mol. The normalized spacial score (nSPS) is 34.0. The van der Waals surface area contributed by atoms with E-state index in [1.54, 1.807) is 0 Å². The van der Waals surface area contributed by atoms with Crippen molar-refractivity contribution >= 4 is 11.9 Å². The van der Waals surface area contributed by atoms with Gasteiger partial charge in [-0.3, -0.25) is 9.59 Å². The standard InChI is InChI=1S/C22H36O5/c1-13(12-17(24)25)8-9-16-14(2)18(26)19(27-15(3)23)20-21(4,5)10-7-11-22(16,20)6/h13,18-20,26H,7-12H2,1-6H3,(H,24,25)/t13-,18-,19-,20+,22-/m1/s1. The molecule has 0 aliphatic heterocycles. The highest BCUT2D eigenvalue weighted by molar-refractivity contribution is 5.67. The Morgan fingerprint density at radius 1 is 1.26 bits per heavy atom. The van der Waals surface area contributed by atoms with Crippen molar-refractivity contribution in [3.63, 3.8) is 0 Å². The predicted molar refractivity (Wildman–Crippen MR) is 104 cm³/mol. The molecule has 2 rings (SSSR count). The lowest BCUT2D eigenvalue weighted by molar-refractivity contribution is -0.173. The molecule has 5 atom stereocenters. The van der Waals surface area contributed by atoms with E-state index in [0.717, 1.165) is 37.7 Å². The predicted octanol–water partition coefficient (Wildman–Crippen LogP) is 4.33. The van der Waals surface area contributed by atoms with E-state index in [1.807, 2.05) is 13.8 Å². The lowest BCUT2D eigenvalue weighted by atomic mass is 9.48. The number of rotatable bonds is 6. The monoisotopic (exact) mass is 380 g/mol. The van der Waals surface area contributed by atoms with Gasteiger partial charge in [-0.05, 0) is 54.9 Å². The Morgan fingerprint density at radius 3 is 2.44 bits per heavy atom. The third-order valence-electron chi connectivity index (χ3n) is 7.01. The maximum atomic E-state index is 11.7. The second kappa shape index (κ2) is 7.94. The van der Waals surface area contributed by atoms with Crippen molar-refractivity contribution in [3.8, 4) is 0 Å². The van der Waals surface area contributed by atoms with E-state index in [4.69, 9.17) is 9.84 Å². The summed E-state index contributed by atoms with van der Waals surface area (Å²) in [5, 5.41) is 20.1. The minimum absolute atomic E-state index is 0.0473. The lowest BCUT2D eigenvalue weighted by Crippen LogP contribution is -2.57. The molecule has 0 aromatic rings. The second-order valence-electron chi connectivity index (χ2n) is 9.66. The van der Waals surface area contributed by atoms with Crippen molar-refractivity contribution in [1.29, 1.82) is 0 Å². The molecule has 0 heterocycles. The summed E-state index contributed by atoms with van der Waals surface area (Å²) in [7, 11) is 0. The Morgan fingerprint density at radius 2 is 1.89 bits per heavy atom. The number of aliphatic hydroxyl groups is 1. The van der Waals surface area contributed by atoms with E-state index < -0.39 is 18.2 Å². The van der Waals surface area contributed by atoms with Gasteiger partial charge in [0.25, 0.3) is 0 Å². The van der Waals surface area contributed by atoms with Gasteiger partial charge in [0, 0.05) is 19.3 Å². The number of carboxylic acid groups (broad SMARTS) is 1. The quantitative estimate of drug-likeness (QED) is 0.529. The Labute approximate surface area is 163 Å². The maximum absolute atomic E-state index is 11.7. The van der Waals surface area contributed by atoms with Crippen LogP contribution < -0.4 is 0 Å². The van der Waals surface area contributed by atoms with Gasteiger partial charge in [0.05, 0.1) is 0 Å². The molecule has 5 heteroatoms. The fraction of sp³-hybridized carbons (Fsp3) is 0.818. The number of hydrogen-bond donors (Lipinski definition) is 2. The Hall–Kier alpha value is -1.36. The molecule has 2 aliphatic rings. The highest BCUT2D eigenvalue weighted by Gasteiger charge is 2.57. The van der Waals surface area contributed by atoms with Gasteiger partial charge >= 0.3 is 11.9 Å². The van der Waals surface area contributed by atoms with Crippen LogP contribution in [0, 0.1) is 22.7 Å². The molecule has 0 unspecified atom stereocenters. The number of carbonyl (C=O) groups is 2. The minimum atomic E-state index is -0.797. The van der Waals surface area contributed by atoms with Crippen molar-refractivity contribution in [2.75, 3.05) is 0 Å². The summed E-state index contributed by atoms with van der Waals surface area (Å²) in [6.45, 7) is 12.0. The van der Waals surface area contributed by atoms with Gasteiger partial charge < -0.3 is 14.9 Å². The summed E-state index contributed by atoms with van der Waals surface area (Å²) < 4.78 is 5.67. The van der Waals surface area contributed by atoms with Crippen LogP contribution in [-0.2, 0) is 14.3 Å². The molecule has 0 aromatic heterocycles. The van der Waals surface area contributed by atoms with E-state index in [9.17, 15) is 14.7 Å². The van der Waals surface area contributed by atoms with Gasteiger partial charge in [0.2, 0.25) is 0 Å². The highest BCUT2D eigenvalue weighted by atomic mass is 16.6. The summed E-state index contributed by atoms with van der Waals surface area (Å²) in [4.78, 5) is 22.7. The van der Waals surface area contributed by atoms with Gasteiger partial charge in [-0.1, -0.05) is 39.7 Å². The van der Waals surface area contributed by atoms with Crippen LogP contribution in [0.25, 0.3) is 0 Å². The number of esters is 1. The number of aliphatic hydroxyl groups excluding tert-OH is 1. The highest BCUT2D eigenvalue weighted by Crippen LogP contribution is 2.61. The number of allylic oxidation sites excluding steroid dienone is 1. The van der Waals surface area contributed by atoms with Crippen LogP contribution in [0.4, 0.5) is 0 Å². The first kappa shape index (κ1) is 21.9. The fourth-order valence-electron chi connectivity index (χ4n) is 5.89. The molecule has 0 saturated heterocycles. The third-order valence-corrected chi connectivity index (χ3v) is 7.01. The average Bonchev–Trinajstić information content (AvgIpc) is 2.49. The number of aliphatic carboxylic acids is 1. The molecule has 154 valence electrons.